The van der Waals surface area contributed by atoms with Crippen molar-refractivity contribution in [3.8, 4) is 0 Å². The first-order valence-electron chi connectivity index (χ1n) is 10.1. The van der Waals surface area contributed by atoms with Crippen molar-refractivity contribution in [3.63, 3.8) is 0 Å². The van der Waals surface area contributed by atoms with Gasteiger partial charge in [-0.15, -0.1) is 0 Å². The maximum atomic E-state index is 12.8. The molecule has 0 aliphatic carbocycles. The Kier molecular flexibility index (Phi) is 7.26. The van der Waals surface area contributed by atoms with Crippen molar-refractivity contribution in [1.82, 2.24) is 5.01 Å². The van der Waals surface area contributed by atoms with Gasteiger partial charge in [-0.1, -0.05) is 40.2 Å². The van der Waals surface area contributed by atoms with E-state index in [1.54, 1.807) is 0 Å². The normalized spacial score (nSPS) is 15.8. The van der Waals surface area contributed by atoms with E-state index in [0.717, 1.165) is 40.1 Å². The molecule has 0 spiro atoms. The van der Waals surface area contributed by atoms with E-state index in [4.69, 9.17) is 5.11 Å². The Labute approximate surface area is 185 Å². The molecule has 1 atom stereocenters. The van der Waals surface area contributed by atoms with Crippen molar-refractivity contribution in [2.45, 2.75) is 39.2 Å². The van der Waals surface area contributed by atoms with E-state index in [0.29, 0.717) is 6.42 Å². The smallest absolute Gasteiger partial charge is 0.303 e. The molecule has 0 aromatic heterocycles. The average molecular weight is 472 g/mol. The molecule has 2 aromatic rings. The molecule has 0 bridgehead atoms. The predicted molar refractivity (Wildman–Crippen MR) is 122 cm³/mol. The lowest BCUT2D eigenvalue weighted by atomic mass is 9.98. The van der Waals surface area contributed by atoms with Crippen molar-refractivity contribution in [3.05, 3.63) is 64.1 Å². The first kappa shape index (κ1) is 22.0. The third kappa shape index (κ3) is 5.08. The molecular weight excluding hydrogens is 446 g/mol. The molecule has 1 aliphatic heterocycles. The fourth-order valence-corrected chi connectivity index (χ4v) is 3.91. The Bertz CT molecular complexity index is 922. The van der Waals surface area contributed by atoms with Crippen LogP contribution in [0, 0.1) is 0 Å². The van der Waals surface area contributed by atoms with Gasteiger partial charge in [0, 0.05) is 36.1 Å². The molecule has 0 radical (unpaired) electrons. The van der Waals surface area contributed by atoms with Gasteiger partial charge in [-0.3, -0.25) is 9.59 Å². The van der Waals surface area contributed by atoms with Crippen LogP contribution >= 0.6 is 15.9 Å². The molecule has 0 saturated heterocycles. The Balaban J connectivity index is 1.88. The minimum Gasteiger partial charge on any atom is -0.481 e. The van der Waals surface area contributed by atoms with Gasteiger partial charge < -0.3 is 10.0 Å². The number of benzene rings is 2. The van der Waals surface area contributed by atoms with Crippen LogP contribution in [0.2, 0.25) is 0 Å². The van der Waals surface area contributed by atoms with Crippen molar-refractivity contribution in [2.24, 2.45) is 5.10 Å². The fourth-order valence-electron chi connectivity index (χ4n) is 3.64. The van der Waals surface area contributed by atoms with Gasteiger partial charge >= 0.3 is 5.97 Å². The number of aliphatic carboxylic acids is 1. The van der Waals surface area contributed by atoms with E-state index in [-0.39, 0.29) is 24.8 Å². The fraction of sp³-hybridized carbons (Fsp3) is 0.348. The quantitative estimate of drug-likeness (QED) is 0.597. The molecule has 0 fully saturated rings. The zero-order chi connectivity index (χ0) is 21.7. The van der Waals surface area contributed by atoms with E-state index in [2.05, 4.69) is 51.9 Å². The topological polar surface area (TPSA) is 73.2 Å². The molecule has 30 heavy (non-hydrogen) atoms. The number of nitrogens with zero attached hydrogens (tertiary/aromatic N) is 3. The van der Waals surface area contributed by atoms with Gasteiger partial charge in [-0.25, -0.2) is 5.01 Å². The lowest BCUT2D eigenvalue weighted by molar-refractivity contribution is -0.141. The molecule has 1 amide bonds. The lowest BCUT2D eigenvalue weighted by Crippen LogP contribution is -2.27. The molecule has 3 rings (SSSR count). The number of hydrogen-bond donors (Lipinski definition) is 1. The Morgan fingerprint density at radius 2 is 1.70 bits per heavy atom. The van der Waals surface area contributed by atoms with Crippen molar-refractivity contribution in [2.75, 3.05) is 18.0 Å². The van der Waals surface area contributed by atoms with Crippen LogP contribution in [0.1, 0.15) is 50.3 Å². The summed E-state index contributed by atoms with van der Waals surface area (Å²) in [5.41, 5.74) is 3.91. The highest BCUT2D eigenvalue weighted by Gasteiger charge is 2.33. The van der Waals surface area contributed by atoms with Gasteiger partial charge in [0.2, 0.25) is 5.91 Å². The maximum absolute atomic E-state index is 12.8. The van der Waals surface area contributed by atoms with Crippen molar-refractivity contribution < 1.29 is 14.7 Å². The van der Waals surface area contributed by atoms with E-state index in [1.807, 2.05) is 36.4 Å². The zero-order valence-corrected chi connectivity index (χ0v) is 18.8. The van der Waals surface area contributed by atoms with Gasteiger partial charge in [-0.2, -0.15) is 5.10 Å². The highest BCUT2D eigenvalue weighted by Crippen LogP contribution is 2.34. The van der Waals surface area contributed by atoms with Gasteiger partial charge in [0.25, 0.3) is 0 Å². The van der Waals surface area contributed by atoms with Crippen LogP contribution in [0.15, 0.2) is 58.1 Å². The molecule has 1 aliphatic rings. The molecular formula is C23H26BrN3O3. The van der Waals surface area contributed by atoms with E-state index in [1.165, 1.54) is 5.01 Å². The minimum absolute atomic E-state index is 0.0690. The summed E-state index contributed by atoms with van der Waals surface area (Å²) in [6.45, 7) is 6.09. The van der Waals surface area contributed by atoms with Crippen LogP contribution in [0.3, 0.4) is 0 Å². The highest BCUT2D eigenvalue weighted by atomic mass is 79.9. The molecule has 1 heterocycles. The SMILES string of the molecule is CCN(CC)c1ccc(C2CC(c3ccc(Br)cc3)=NN2C(=O)CCC(=O)O)cc1. The molecule has 1 N–H and O–H groups in total. The summed E-state index contributed by atoms with van der Waals surface area (Å²) in [5.74, 6) is -1.26. The first-order valence-corrected chi connectivity index (χ1v) is 10.9. The van der Waals surface area contributed by atoms with Crippen LogP contribution in [-0.2, 0) is 9.59 Å². The summed E-state index contributed by atoms with van der Waals surface area (Å²) < 4.78 is 0.975. The van der Waals surface area contributed by atoms with Crippen molar-refractivity contribution >= 4 is 39.2 Å². The number of amides is 1. The van der Waals surface area contributed by atoms with E-state index >= 15 is 0 Å². The van der Waals surface area contributed by atoms with E-state index in [9.17, 15) is 9.59 Å². The summed E-state index contributed by atoms with van der Waals surface area (Å²) in [6, 6.07) is 15.8. The van der Waals surface area contributed by atoms with Crippen molar-refractivity contribution in [1.29, 1.82) is 0 Å². The molecule has 1 unspecified atom stereocenters. The summed E-state index contributed by atoms with van der Waals surface area (Å²) in [5, 5.41) is 15.0. The molecule has 6 nitrogen and oxygen atoms in total. The summed E-state index contributed by atoms with van der Waals surface area (Å²) in [7, 11) is 0. The second-order valence-electron chi connectivity index (χ2n) is 7.17. The predicted octanol–water partition coefficient (Wildman–Crippen LogP) is 4.84. The Hall–Kier alpha value is -2.67. The monoisotopic (exact) mass is 471 g/mol. The minimum atomic E-state index is -0.986. The molecule has 7 heteroatoms. The number of rotatable bonds is 8. The van der Waals surface area contributed by atoms with Crippen LogP contribution in [0.4, 0.5) is 5.69 Å². The van der Waals surface area contributed by atoms with Gasteiger partial charge in [0.05, 0.1) is 18.2 Å². The van der Waals surface area contributed by atoms with Crippen LogP contribution < -0.4 is 4.90 Å². The third-order valence-corrected chi connectivity index (χ3v) is 5.83. The Morgan fingerprint density at radius 3 is 2.27 bits per heavy atom. The van der Waals surface area contributed by atoms with Gasteiger partial charge in [0.15, 0.2) is 0 Å². The number of anilines is 1. The summed E-state index contributed by atoms with van der Waals surface area (Å²) in [6.07, 6.45) is 0.317. The molecule has 2 aromatic carbocycles. The third-order valence-electron chi connectivity index (χ3n) is 5.30. The number of halogens is 1. The number of carboxylic acid groups (broad SMARTS) is 1. The number of hydrogen-bond acceptors (Lipinski definition) is 4. The zero-order valence-electron chi connectivity index (χ0n) is 17.2. The molecule has 158 valence electrons. The van der Waals surface area contributed by atoms with Crippen LogP contribution in [0.25, 0.3) is 0 Å². The largest absolute Gasteiger partial charge is 0.481 e. The van der Waals surface area contributed by atoms with Gasteiger partial charge in [-0.05, 0) is 49.2 Å². The van der Waals surface area contributed by atoms with Crippen LogP contribution in [-0.4, -0.2) is 40.8 Å². The number of carboxylic acids is 1. The lowest BCUT2D eigenvalue weighted by Gasteiger charge is -2.24. The number of carbonyl (C=O) groups is 2. The number of hydrazone groups is 1. The summed E-state index contributed by atoms with van der Waals surface area (Å²) >= 11 is 3.44. The summed E-state index contributed by atoms with van der Waals surface area (Å²) in [4.78, 5) is 26.0. The standard InChI is InChI=1S/C23H26BrN3O3/c1-3-26(4-2)19-11-7-17(8-12-19)21-15-20(16-5-9-18(24)10-6-16)25-27(21)22(28)13-14-23(29)30/h5-12,21H,3-4,13-15H2,1-2H3,(H,29,30). The van der Waals surface area contributed by atoms with E-state index < -0.39 is 5.97 Å². The second-order valence-corrected chi connectivity index (χ2v) is 8.09. The Morgan fingerprint density at radius 1 is 1.07 bits per heavy atom. The first-order chi connectivity index (χ1) is 14.4. The maximum Gasteiger partial charge on any atom is 0.303 e. The van der Waals surface area contributed by atoms with Gasteiger partial charge in [0.1, 0.15) is 0 Å². The van der Waals surface area contributed by atoms with Crippen LogP contribution in [0.5, 0.6) is 0 Å². The second kappa shape index (κ2) is 9.89. The molecule has 0 saturated carbocycles. The number of carbonyl (C=O) groups excluding carboxylic acids is 1. The highest BCUT2D eigenvalue weighted by molar-refractivity contribution is 9.10. The average Bonchev–Trinajstić information content (AvgIpc) is 3.19.